The van der Waals surface area contributed by atoms with Gasteiger partial charge in [0.1, 0.15) is 6.04 Å². The van der Waals surface area contributed by atoms with Crippen LogP contribution in [0.3, 0.4) is 0 Å². The van der Waals surface area contributed by atoms with Crippen LogP contribution >= 0.6 is 0 Å². The Kier molecular flexibility index (Phi) is 2.93. The van der Waals surface area contributed by atoms with Crippen molar-refractivity contribution in [2.24, 2.45) is 0 Å². The second-order valence-electron chi connectivity index (χ2n) is 3.44. The number of aryl methyl sites for hydroxylation is 1. The molecule has 0 saturated carbocycles. The van der Waals surface area contributed by atoms with Gasteiger partial charge in [0.2, 0.25) is 0 Å². The molecule has 1 atom stereocenters. The molecule has 1 aromatic heterocycles. The van der Waals surface area contributed by atoms with Crippen molar-refractivity contribution in [3.63, 3.8) is 0 Å². The van der Waals surface area contributed by atoms with Crippen LogP contribution in [0.4, 0.5) is 0 Å². The van der Waals surface area contributed by atoms with Crippen LogP contribution in [-0.2, 0) is 9.53 Å². The van der Waals surface area contributed by atoms with Crippen LogP contribution in [0.2, 0.25) is 0 Å². The molecule has 14 heavy (non-hydrogen) atoms. The Hall–Kier alpha value is -1.32. The van der Waals surface area contributed by atoms with Crippen molar-refractivity contribution in [1.82, 2.24) is 9.78 Å². The third-order valence-electron chi connectivity index (χ3n) is 2.60. The van der Waals surface area contributed by atoms with Gasteiger partial charge in [-0.1, -0.05) is 0 Å². The molecule has 0 saturated heterocycles. The molecule has 0 radical (unpaired) electrons. The zero-order valence-electron chi connectivity index (χ0n) is 9.29. The van der Waals surface area contributed by atoms with Crippen LogP contribution in [0.25, 0.3) is 0 Å². The minimum absolute atomic E-state index is 0.268. The van der Waals surface area contributed by atoms with E-state index in [0.717, 1.165) is 17.0 Å². The molecule has 0 aromatic carbocycles. The summed E-state index contributed by atoms with van der Waals surface area (Å²) in [5, 5.41) is 4.29. The zero-order chi connectivity index (χ0) is 10.9. The zero-order valence-corrected chi connectivity index (χ0v) is 9.29. The minimum Gasteiger partial charge on any atom is -0.467 e. The summed E-state index contributed by atoms with van der Waals surface area (Å²) < 4.78 is 6.38. The van der Waals surface area contributed by atoms with Gasteiger partial charge in [-0.2, -0.15) is 5.10 Å². The molecular formula is C10H16N2O2. The average molecular weight is 196 g/mol. The Morgan fingerprint density at radius 3 is 2.36 bits per heavy atom. The maximum Gasteiger partial charge on any atom is 0.330 e. The van der Waals surface area contributed by atoms with Crippen molar-refractivity contribution in [1.29, 1.82) is 0 Å². The van der Waals surface area contributed by atoms with E-state index < -0.39 is 0 Å². The third kappa shape index (κ3) is 1.64. The van der Waals surface area contributed by atoms with E-state index in [1.807, 2.05) is 20.8 Å². The van der Waals surface area contributed by atoms with E-state index in [0.29, 0.717) is 0 Å². The number of esters is 1. The maximum atomic E-state index is 11.3. The van der Waals surface area contributed by atoms with Gasteiger partial charge in [0.25, 0.3) is 0 Å². The fraction of sp³-hybridized carbons (Fsp3) is 0.600. The summed E-state index contributed by atoms with van der Waals surface area (Å²) in [6.45, 7) is 7.67. The summed E-state index contributed by atoms with van der Waals surface area (Å²) in [5.74, 6) is -0.268. The Balaban J connectivity index is 3.07. The number of carbonyl (C=O) groups excluding carboxylic acids is 1. The second-order valence-corrected chi connectivity index (χ2v) is 3.44. The number of hydrogen-bond donors (Lipinski definition) is 0. The number of carbonyl (C=O) groups is 1. The van der Waals surface area contributed by atoms with Gasteiger partial charge in [-0.3, -0.25) is 4.68 Å². The molecule has 0 amide bonds. The molecule has 1 aromatic rings. The standard InChI is InChI=1S/C10H16N2O2/c1-6-7(2)11-12(8(6)3)9(4)10(13)14-5/h9H,1-5H3/t9-/m0/s1. The normalized spacial score (nSPS) is 12.6. The van der Waals surface area contributed by atoms with Crippen molar-refractivity contribution in [3.05, 3.63) is 17.0 Å². The average Bonchev–Trinajstić information content (AvgIpc) is 2.43. The first kappa shape index (κ1) is 10.8. The predicted octanol–water partition coefficient (Wildman–Crippen LogP) is 1.54. The van der Waals surface area contributed by atoms with Crippen molar-refractivity contribution < 1.29 is 9.53 Å². The van der Waals surface area contributed by atoms with Crippen LogP contribution in [-0.4, -0.2) is 22.9 Å². The molecule has 0 aliphatic rings. The van der Waals surface area contributed by atoms with Crippen LogP contribution < -0.4 is 0 Å². The summed E-state index contributed by atoms with van der Waals surface area (Å²) in [7, 11) is 1.39. The lowest BCUT2D eigenvalue weighted by Gasteiger charge is -2.11. The third-order valence-corrected chi connectivity index (χ3v) is 2.60. The van der Waals surface area contributed by atoms with Crippen LogP contribution in [0.15, 0.2) is 0 Å². The highest BCUT2D eigenvalue weighted by atomic mass is 16.5. The van der Waals surface area contributed by atoms with Crippen molar-refractivity contribution in [3.8, 4) is 0 Å². The Labute approximate surface area is 83.9 Å². The molecule has 0 spiro atoms. The molecule has 78 valence electrons. The number of aromatic nitrogens is 2. The molecule has 1 rings (SSSR count). The van der Waals surface area contributed by atoms with Crippen molar-refractivity contribution in [2.45, 2.75) is 33.7 Å². The summed E-state index contributed by atoms with van der Waals surface area (Å²) in [5.41, 5.74) is 3.10. The lowest BCUT2D eigenvalue weighted by Crippen LogP contribution is -2.20. The van der Waals surface area contributed by atoms with Gasteiger partial charge in [0.15, 0.2) is 0 Å². The number of hydrogen-bond acceptors (Lipinski definition) is 3. The van der Waals surface area contributed by atoms with E-state index in [1.165, 1.54) is 7.11 Å². The van der Waals surface area contributed by atoms with E-state index in [1.54, 1.807) is 11.6 Å². The van der Waals surface area contributed by atoms with Gasteiger partial charge < -0.3 is 4.74 Å². The lowest BCUT2D eigenvalue weighted by molar-refractivity contribution is -0.144. The first-order valence-corrected chi connectivity index (χ1v) is 4.59. The van der Waals surface area contributed by atoms with E-state index in [2.05, 4.69) is 9.84 Å². The van der Waals surface area contributed by atoms with Crippen molar-refractivity contribution in [2.75, 3.05) is 7.11 Å². The minimum atomic E-state index is -0.354. The topological polar surface area (TPSA) is 44.1 Å². The molecule has 0 bridgehead atoms. The Bertz CT molecular complexity index is 355. The highest BCUT2D eigenvalue weighted by Gasteiger charge is 2.19. The number of nitrogens with zero attached hydrogens (tertiary/aromatic N) is 2. The van der Waals surface area contributed by atoms with E-state index in [-0.39, 0.29) is 12.0 Å². The Morgan fingerprint density at radius 2 is 2.00 bits per heavy atom. The molecule has 0 N–H and O–H groups in total. The highest BCUT2D eigenvalue weighted by Crippen LogP contribution is 2.16. The van der Waals surface area contributed by atoms with E-state index in [4.69, 9.17) is 0 Å². The summed E-state index contributed by atoms with van der Waals surface area (Å²) >= 11 is 0. The smallest absolute Gasteiger partial charge is 0.330 e. The van der Waals surface area contributed by atoms with Gasteiger partial charge in [0, 0.05) is 5.69 Å². The van der Waals surface area contributed by atoms with Crippen molar-refractivity contribution >= 4 is 5.97 Å². The van der Waals surface area contributed by atoms with Crippen LogP contribution in [0.5, 0.6) is 0 Å². The summed E-state index contributed by atoms with van der Waals surface area (Å²) in [6, 6.07) is -0.354. The second kappa shape index (κ2) is 3.82. The molecule has 4 heteroatoms. The van der Waals surface area contributed by atoms with Gasteiger partial charge >= 0.3 is 5.97 Å². The van der Waals surface area contributed by atoms with Crippen LogP contribution in [0.1, 0.15) is 29.9 Å². The monoisotopic (exact) mass is 196 g/mol. The quantitative estimate of drug-likeness (QED) is 0.674. The molecule has 4 nitrogen and oxygen atoms in total. The summed E-state index contributed by atoms with van der Waals surface area (Å²) in [4.78, 5) is 11.3. The van der Waals surface area contributed by atoms with E-state index in [9.17, 15) is 4.79 Å². The summed E-state index contributed by atoms with van der Waals surface area (Å²) in [6.07, 6.45) is 0. The number of rotatable bonds is 2. The highest BCUT2D eigenvalue weighted by molar-refractivity contribution is 5.73. The first-order valence-electron chi connectivity index (χ1n) is 4.59. The SMILES string of the molecule is COC(=O)[C@H](C)n1nc(C)c(C)c1C. The number of methoxy groups -OCH3 is 1. The van der Waals surface area contributed by atoms with Crippen LogP contribution in [0, 0.1) is 20.8 Å². The molecule has 0 aliphatic carbocycles. The number of ether oxygens (including phenoxy) is 1. The van der Waals surface area contributed by atoms with Gasteiger partial charge in [-0.25, -0.2) is 4.79 Å². The van der Waals surface area contributed by atoms with Gasteiger partial charge in [-0.05, 0) is 33.3 Å². The largest absolute Gasteiger partial charge is 0.467 e. The fourth-order valence-corrected chi connectivity index (χ4v) is 1.39. The fourth-order valence-electron chi connectivity index (χ4n) is 1.39. The lowest BCUT2D eigenvalue weighted by atomic mass is 10.2. The molecule has 0 aliphatic heterocycles. The molecule has 0 unspecified atom stereocenters. The maximum absolute atomic E-state index is 11.3. The van der Waals surface area contributed by atoms with Gasteiger partial charge in [0.05, 0.1) is 12.8 Å². The van der Waals surface area contributed by atoms with E-state index >= 15 is 0 Å². The molecule has 1 heterocycles. The molecule has 0 fully saturated rings. The first-order chi connectivity index (χ1) is 6.49. The molecular weight excluding hydrogens is 180 g/mol. The predicted molar refractivity (Wildman–Crippen MR) is 53.2 cm³/mol. The van der Waals surface area contributed by atoms with Gasteiger partial charge in [-0.15, -0.1) is 0 Å². The Morgan fingerprint density at radius 1 is 1.43 bits per heavy atom.